The van der Waals surface area contributed by atoms with Crippen molar-refractivity contribution in [3.63, 3.8) is 0 Å². The number of aromatic nitrogens is 1. The minimum Gasteiger partial charge on any atom is -0.384 e. The number of benzene rings is 1. The normalized spacial score (nSPS) is 11.0. The summed E-state index contributed by atoms with van der Waals surface area (Å²) in [4.78, 5) is 3.76. The molecule has 2 aromatic rings. The third-order valence-electron chi connectivity index (χ3n) is 2.97. The van der Waals surface area contributed by atoms with Crippen molar-refractivity contribution in [2.45, 2.75) is 12.6 Å². The van der Waals surface area contributed by atoms with E-state index in [4.69, 9.17) is 34.3 Å². The van der Waals surface area contributed by atoms with Crippen molar-refractivity contribution in [2.24, 2.45) is 5.73 Å². The monoisotopic (exact) mass is 383 g/mol. The van der Waals surface area contributed by atoms with Gasteiger partial charge in [0.15, 0.2) is 0 Å². The van der Waals surface area contributed by atoms with Gasteiger partial charge in [-0.15, -0.1) is 12.4 Å². The van der Waals surface area contributed by atoms with Crippen LogP contribution in [0.5, 0.6) is 0 Å². The van der Waals surface area contributed by atoms with E-state index in [-0.39, 0.29) is 40.4 Å². The molecule has 0 saturated heterocycles. The highest BCUT2D eigenvalue weighted by Gasteiger charge is 2.31. The summed E-state index contributed by atoms with van der Waals surface area (Å²) in [7, 11) is 0. The second-order valence-electron chi connectivity index (χ2n) is 4.52. The van der Waals surface area contributed by atoms with Crippen LogP contribution in [-0.4, -0.2) is 10.8 Å². The van der Waals surface area contributed by atoms with Crippen LogP contribution < -0.4 is 5.73 Å². The molecule has 124 valence electrons. The van der Waals surface area contributed by atoms with Gasteiger partial charge in [-0.05, 0) is 17.7 Å². The number of alkyl halides is 3. The molecule has 0 saturated carbocycles. The third kappa shape index (κ3) is 4.50. The number of halogens is 6. The van der Waals surface area contributed by atoms with Crippen LogP contribution in [0.15, 0.2) is 30.5 Å². The molecule has 0 bridgehead atoms. The summed E-state index contributed by atoms with van der Waals surface area (Å²) >= 11 is 12.0. The van der Waals surface area contributed by atoms with Gasteiger partial charge in [0.05, 0.1) is 21.3 Å². The molecule has 0 fully saturated rings. The van der Waals surface area contributed by atoms with Gasteiger partial charge >= 0.3 is 6.18 Å². The van der Waals surface area contributed by atoms with Crippen molar-refractivity contribution >= 4 is 41.4 Å². The second-order valence-corrected chi connectivity index (χ2v) is 5.30. The topological polar surface area (TPSA) is 62.8 Å². The average Bonchev–Trinajstić information content (AvgIpc) is 2.41. The number of pyridine rings is 1. The Morgan fingerprint density at radius 3 is 2.43 bits per heavy atom. The maximum absolute atomic E-state index is 12.6. The summed E-state index contributed by atoms with van der Waals surface area (Å²) in [6, 6.07) is 5.73. The van der Waals surface area contributed by atoms with Gasteiger partial charge in [0, 0.05) is 18.2 Å². The molecule has 9 heteroatoms. The maximum atomic E-state index is 12.6. The Morgan fingerprint density at radius 2 is 1.91 bits per heavy atom. The highest BCUT2D eigenvalue weighted by atomic mass is 35.5. The molecule has 3 nitrogen and oxygen atoms in total. The van der Waals surface area contributed by atoms with E-state index in [9.17, 15) is 13.2 Å². The molecule has 0 aliphatic rings. The number of amidine groups is 1. The zero-order chi connectivity index (χ0) is 16.5. The number of rotatable bonds is 3. The second kappa shape index (κ2) is 7.38. The van der Waals surface area contributed by atoms with Gasteiger partial charge in [0.1, 0.15) is 5.84 Å². The zero-order valence-electron chi connectivity index (χ0n) is 11.4. The molecule has 0 atom stereocenters. The fourth-order valence-electron chi connectivity index (χ4n) is 1.86. The van der Waals surface area contributed by atoms with E-state index in [1.54, 1.807) is 18.2 Å². The number of hydrogen-bond acceptors (Lipinski definition) is 2. The lowest BCUT2D eigenvalue weighted by Gasteiger charge is -2.11. The Hall–Kier alpha value is -1.50. The van der Waals surface area contributed by atoms with Crippen LogP contribution in [0.1, 0.15) is 22.4 Å². The number of nitrogens with zero attached hydrogens (tertiary/aromatic N) is 1. The molecular formula is C14H11Cl3F3N3. The first-order valence-electron chi connectivity index (χ1n) is 6.03. The molecule has 0 radical (unpaired) electrons. The van der Waals surface area contributed by atoms with Gasteiger partial charge in [-0.2, -0.15) is 13.2 Å². The fraction of sp³-hybridized carbons (Fsp3) is 0.143. The minimum atomic E-state index is -4.50. The summed E-state index contributed by atoms with van der Waals surface area (Å²) < 4.78 is 37.7. The molecule has 3 N–H and O–H groups in total. The lowest BCUT2D eigenvalue weighted by Crippen LogP contribution is -2.12. The Labute approximate surface area is 146 Å². The van der Waals surface area contributed by atoms with Crippen molar-refractivity contribution in [1.82, 2.24) is 4.98 Å². The number of nitrogens with two attached hydrogens (primary N) is 1. The van der Waals surface area contributed by atoms with Crippen LogP contribution in [0.2, 0.25) is 10.0 Å². The molecule has 0 spiro atoms. The lowest BCUT2D eigenvalue weighted by atomic mass is 10.0. The van der Waals surface area contributed by atoms with Crippen LogP contribution in [0.4, 0.5) is 13.2 Å². The van der Waals surface area contributed by atoms with Gasteiger partial charge in [-0.25, -0.2) is 0 Å². The van der Waals surface area contributed by atoms with E-state index >= 15 is 0 Å². The van der Waals surface area contributed by atoms with E-state index in [1.807, 2.05) is 0 Å². The molecule has 1 aromatic carbocycles. The molecule has 2 rings (SSSR count). The van der Waals surface area contributed by atoms with Crippen molar-refractivity contribution in [2.75, 3.05) is 0 Å². The molecular weight excluding hydrogens is 374 g/mol. The van der Waals surface area contributed by atoms with E-state index < -0.39 is 11.7 Å². The zero-order valence-corrected chi connectivity index (χ0v) is 13.7. The standard InChI is InChI=1S/C14H10Cl2F3N3.ClH/c15-10-5-8(14(17,18)19)6-22-11(10)4-7-2-1-3-9(12(7)16)13(20)21;/h1-3,5-6H,4H2,(H3,20,21);1H. The largest absolute Gasteiger partial charge is 0.417 e. The van der Waals surface area contributed by atoms with E-state index in [0.29, 0.717) is 11.1 Å². The van der Waals surface area contributed by atoms with Gasteiger partial charge in [-0.3, -0.25) is 10.4 Å². The molecule has 1 heterocycles. The average molecular weight is 385 g/mol. The first kappa shape index (κ1) is 19.5. The van der Waals surface area contributed by atoms with Gasteiger partial charge in [0.25, 0.3) is 0 Å². The van der Waals surface area contributed by atoms with Crippen LogP contribution in [0, 0.1) is 5.41 Å². The highest BCUT2D eigenvalue weighted by molar-refractivity contribution is 6.34. The number of hydrogen-bond donors (Lipinski definition) is 2. The SMILES string of the molecule is Cl.N=C(N)c1cccc(Cc2ncc(C(F)(F)F)cc2Cl)c1Cl. The summed E-state index contributed by atoms with van der Waals surface area (Å²) in [5, 5.41) is 7.58. The van der Waals surface area contributed by atoms with Gasteiger partial charge in [-0.1, -0.05) is 35.3 Å². The van der Waals surface area contributed by atoms with Gasteiger partial charge in [0.2, 0.25) is 0 Å². The van der Waals surface area contributed by atoms with Crippen molar-refractivity contribution in [3.05, 3.63) is 62.9 Å². The third-order valence-corrected chi connectivity index (χ3v) is 3.75. The van der Waals surface area contributed by atoms with Crippen molar-refractivity contribution in [3.8, 4) is 0 Å². The predicted octanol–water partition coefficient (Wildman–Crippen LogP) is 4.70. The van der Waals surface area contributed by atoms with Crippen molar-refractivity contribution < 1.29 is 13.2 Å². The highest BCUT2D eigenvalue weighted by Crippen LogP contribution is 2.32. The lowest BCUT2D eigenvalue weighted by molar-refractivity contribution is -0.137. The van der Waals surface area contributed by atoms with Gasteiger partial charge < -0.3 is 5.73 Å². The number of nitrogens with one attached hydrogen (secondary N) is 1. The summed E-state index contributed by atoms with van der Waals surface area (Å²) in [5.74, 6) is -0.196. The molecule has 1 aromatic heterocycles. The quantitative estimate of drug-likeness (QED) is 0.595. The minimum absolute atomic E-state index is 0. The first-order chi connectivity index (χ1) is 10.2. The Morgan fingerprint density at radius 1 is 1.26 bits per heavy atom. The number of nitrogen functional groups attached to an aromatic ring is 1. The fourth-order valence-corrected chi connectivity index (χ4v) is 2.38. The molecule has 0 aliphatic carbocycles. The maximum Gasteiger partial charge on any atom is 0.417 e. The molecule has 0 unspecified atom stereocenters. The molecule has 23 heavy (non-hydrogen) atoms. The van der Waals surface area contributed by atoms with E-state index in [1.165, 1.54) is 0 Å². The Bertz CT molecular complexity index is 733. The smallest absolute Gasteiger partial charge is 0.384 e. The van der Waals surface area contributed by atoms with Crippen LogP contribution in [0.25, 0.3) is 0 Å². The summed E-state index contributed by atoms with van der Waals surface area (Å²) in [5.41, 5.74) is 5.68. The summed E-state index contributed by atoms with van der Waals surface area (Å²) in [6.45, 7) is 0. The first-order valence-corrected chi connectivity index (χ1v) is 6.79. The van der Waals surface area contributed by atoms with E-state index in [2.05, 4.69) is 4.98 Å². The predicted molar refractivity (Wildman–Crippen MR) is 86.8 cm³/mol. The summed E-state index contributed by atoms with van der Waals surface area (Å²) in [6.07, 6.45) is -3.64. The van der Waals surface area contributed by atoms with Crippen LogP contribution >= 0.6 is 35.6 Å². The van der Waals surface area contributed by atoms with E-state index in [0.717, 1.165) is 12.3 Å². The Kier molecular flexibility index (Phi) is 6.27. The Balaban J connectivity index is 0.00000264. The van der Waals surface area contributed by atoms with Crippen LogP contribution in [-0.2, 0) is 12.6 Å². The van der Waals surface area contributed by atoms with Crippen molar-refractivity contribution in [1.29, 1.82) is 5.41 Å². The molecule has 0 amide bonds. The van der Waals surface area contributed by atoms with Crippen LogP contribution in [0.3, 0.4) is 0 Å². The molecule has 0 aliphatic heterocycles.